The minimum absolute atomic E-state index is 0.390. The van der Waals surface area contributed by atoms with E-state index in [1.54, 1.807) is 54.6 Å². The molecule has 2 rings (SSSR count). The highest BCUT2D eigenvalue weighted by Gasteiger charge is 2.03. The Hall–Kier alpha value is -2.42. The van der Waals surface area contributed by atoms with E-state index in [9.17, 15) is 9.18 Å². The molecule has 1 amide bonds. The predicted octanol–water partition coefficient (Wildman–Crippen LogP) is 3.64. The van der Waals surface area contributed by atoms with Crippen molar-refractivity contribution in [3.63, 3.8) is 0 Å². The topological polar surface area (TPSA) is 29.1 Å². The Balaban J connectivity index is 2.07. The highest BCUT2D eigenvalue weighted by atomic mass is 19.1. The number of nitrogens with one attached hydrogen (secondary N) is 1. The lowest BCUT2D eigenvalue weighted by molar-refractivity contribution is -0.111. The summed E-state index contributed by atoms with van der Waals surface area (Å²) in [5.41, 5.74) is 1.03. The average molecular weight is 241 g/mol. The van der Waals surface area contributed by atoms with Crippen molar-refractivity contribution < 1.29 is 9.18 Å². The van der Waals surface area contributed by atoms with Crippen LogP contribution in [0.25, 0.3) is 5.83 Å². The van der Waals surface area contributed by atoms with Gasteiger partial charge in [0.1, 0.15) is 5.83 Å². The number of amides is 1. The second-order valence-corrected chi connectivity index (χ2v) is 3.71. The van der Waals surface area contributed by atoms with Crippen molar-refractivity contribution in [1.29, 1.82) is 0 Å². The summed E-state index contributed by atoms with van der Waals surface area (Å²) in [5.74, 6) is -1.04. The standard InChI is InChI=1S/C15H12FNO/c16-14(12-7-3-1-4-8-12)11-15(18)17-13-9-5-2-6-10-13/h1-11H,(H,17,18)/b14-11+. The third-order valence-electron chi connectivity index (χ3n) is 2.35. The summed E-state index contributed by atoms with van der Waals surface area (Å²) in [5, 5.41) is 2.59. The van der Waals surface area contributed by atoms with Gasteiger partial charge in [0.15, 0.2) is 0 Å². The highest BCUT2D eigenvalue weighted by molar-refractivity contribution is 6.03. The molecule has 0 aliphatic carbocycles. The number of carbonyl (C=O) groups excluding carboxylic acids is 1. The van der Waals surface area contributed by atoms with Crippen LogP contribution in [0.2, 0.25) is 0 Å². The maximum atomic E-state index is 13.7. The van der Waals surface area contributed by atoms with Crippen molar-refractivity contribution in [2.45, 2.75) is 0 Å². The number of hydrogen-bond acceptors (Lipinski definition) is 1. The molecule has 0 radical (unpaired) electrons. The molecule has 0 saturated heterocycles. The van der Waals surface area contributed by atoms with Gasteiger partial charge in [-0.15, -0.1) is 0 Å². The van der Waals surface area contributed by atoms with Crippen molar-refractivity contribution in [3.05, 3.63) is 72.3 Å². The summed E-state index contributed by atoms with van der Waals surface area (Å²) in [4.78, 5) is 11.6. The van der Waals surface area contributed by atoms with Crippen LogP contribution >= 0.6 is 0 Å². The van der Waals surface area contributed by atoms with E-state index < -0.39 is 11.7 Å². The van der Waals surface area contributed by atoms with E-state index in [1.807, 2.05) is 6.07 Å². The molecule has 0 aromatic heterocycles. The number of para-hydroxylation sites is 1. The Labute approximate surface area is 105 Å². The largest absolute Gasteiger partial charge is 0.322 e. The molecule has 0 fully saturated rings. The van der Waals surface area contributed by atoms with E-state index in [-0.39, 0.29) is 0 Å². The first-order chi connectivity index (χ1) is 8.75. The van der Waals surface area contributed by atoms with E-state index in [2.05, 4.69) is 5.32 Å². The van der Waals surface area contributed by atoms with Gasteiger partial charge in [0.2, 0.25) is 0 Å². The van der Waals surface area contributed by atoms with Crippen LogP contribution in [0.3, 0.4) is 0 Å². The number of benzene rings is 2. The van der Waals surface area contributed by atoms with Gasteiger partial charge in [-0.25, -0.2) is 4.39 Å². The Morgan fingerprint density at radius 3 is 2.11 bits per heavy atom. The molecule has 0 atom stereocenters. The van der Waals surface area contributed by atoms with Crippen molar-refractivity contribution in [2.75, 3.05) is 5.32 Å². The normalized spacial score (nSPS) is 11.1. The Kier molecular flexibility index (Phi) is 3.86. The first kappa shape index (κ1) is 12.0. The first-order valence-corrected chi connectivity index (χ1v) is 5.54. The smallest absolute Gasteiger partial charge is 0.251 e. The van der Waals surface area contributed by atoms with Gasteiger partial charge in [-0.2, -0.15) is 0 Å². The summed E-state index contributed by atoms with van der Waals surface area (Å²) >= 11 is 0. The maximum Gasteiger partial charge on any atom is 0.251 e. The minimum atomic E-state index is -0.552. The zero-order valence-electron chi connectivity index (χ0n) is 9.64. The van der Waals surface area contributed by atoms with Crippen molar-refractivity contribution in [2.24, 2.45) is 0 Å². The maximum absolute atomic E-state index is 13.7. The molecule has 3 heteroatoms. The van der Waals surface area contributed by atoms with Crippen molar-refractivity contribution in [3.8, 4) is 0 Å². The lowest BCUT2D eigenvalue weighted by Gasteiger charge is -2.01. The van der Waals surface area contributed by atoms with Crippen molar-refractivity contribution in [1.82, 2.24) is 0 Å². The van der Waals surface area contributed by atoms with Gasteiger partial charge in [0.25, 0.3) is 5.91 Å². The molecular weight excluding hydrogens is 229 g/mol. The van der Waals surface area contributed by atoms with Gasteiger partial charge in [-0.3, -0.25) is 4.79 Å². The van der Waals surface area contributed by atoms with Gasteiger partial charge < -0.3 is 5.32 Å². The fraction of sp³-hybridized carbons (Fsp3) is 0. The molecule has 0 aliphatic heterocycles. The summed E-state index contributed by atoms with van der Waals surface area (Å²) in [7, 11) is 0. The van der Waals surface area contributed by atoms with Crippen LogP contribution in [-0.2, 0) is 4.79 Å². The van der Waals surface area contributed by atoms with E-state index in [4.69, 9.17) is 0 Å². The predicted molar refractivity (Wildman–Crippen MR) is 70.6 cm³/mol. The van der Waals surface area contributed by atoms with Crippen LogP contribution in [0.15, 0.2) is 66.7 Å². The molecule has 0 unspecified atom stereocenters. The molecule has 18 heavy (non-hydrogen) atoms. The Morgan fingerprint density at radius 1 is 0.944 bits per heavy atom. The monoisotopic (exact) mass is 241 g/mol. The number of carbonyl (C=O) groups is 1. The van der Waals surface area contributed by atoms with Crippen LogP contribution in [-0.4, -0.2) is 5.91 Å². The third-order valence-corrected chi connectivity index (χ3v) is 2.35. The van der Waals surface area contributed by atoms with E-state index in [0.29, 0.717) is 11.3 Å². The highest BCUT2D eigenvalue weighted by Crippen LogP contribution is 2.15. The minimum Gasteiger partial charge on any atom is -0.322 e. The molecule has 2 nitrogen and oxygen atoms in total. The molecule has 90 valence electrons. The molecule has 0 heterocycles. The van der Waals surface area contributed by atoms with Crippen LogP contribution in [0.5, 0.6) is 0 Å². The fourth-order valence-electron chi connectivity index (χ4n) is 1.50. The SMILES string of the molecule is O=C(/C=C(/F)c1ccccc1)Nc1ccccc1. The van der Waals surface area contributed by atoms with Gasteiger partial charge in [-0.05, 0) is 12.1 Å². The van der Waals surface area contributed by atoms with E-state index >= 15 is 0 Å². The summed E-state index contributed by atoms with van der Waals surface area (Å²) in [6.45, 7) is 0. The first-order valence-electron chi connectivity index (χ1n) is 5.54. The molecule has 0 aliphatic rings. The number of halogens is 1. The second-order valence-electron chi connectivity index (χ2n) is 3.71. The van der Waals surface area contributed by atoms with Gasteiger partial charge in [0.05, 0.1) is 0 Å². The van der Waals surface area contributed by atoms with Gasteiger partial charge in [0, 0.05) is 17.3 Å². The van der Waals surface area contributed by atoms with Crippen LogP contribution in [0.4, 0.5) is 10.1 Å². The quantitative estimate of drug-likeness (QED) is 0.817. The number of rotatable bonds is 3. The second kappa shape index (κ2) is 5.77. The fourth-order valence-corrected chi connectivity index (χ4v) is 1.50. The number of anilines is 1. The average Bonchev–Trinajstić information content (AvgIpc) is 2.40. The molecule has 0 bridgehead atoms. The van der Waals surface area contributed by atoms with E-state index in [0.717, 1.165) is 6.08 Å². The third kappa shape index (κ3) is 3.28. The van der Waals surface area contributed by atoms with Crippen LogP contribution < -0.4 is 5.32 Å². The lowest BCUT2D eigenvalue weighted by atomic mass is 10.2. The summed E-state index contributed by atoms with van der Waals surface area (Å²) in [6.07, 6.45) is 0.947. The zero-order valence-corrected chi connectivity index (χ0v) is 9.64. The van der Waals surface area contributed by atoms with E-state index in [1.165, 1.54) is 0 Å². The van der Waals surface area contributed by atoms with Gasteiger partial charge >= 0.3 is 0 Å². The molecule has 0 spiro atoms. The molecular formula is C15H12FNO. The molecule has 0 saturated carbocycles. The van der Waals surface area contributed by atoms with Gasteiger partial charge in [-0.1, -0.05) is 48.5 Å². The Bertz CT molecular complexity index is 549. The zero-order chi connectivity index (χ0) is 12.8. The molecule has 2 aromatic carbocycles. The Morgan fingerprint density at radius 2 is 1.50 bits per heavy atom. The molecule has 2 aromatic rings. The summed E-state index contributed by atoms with van der Waals surface area (Å²) < 4.78 is 13.7. The number of hydrogen-bond donors (Lipinski definition) is 1. The van der Waals surface area contributed by atoms with Crippen molar-refractivity contribution >= 4 is 17.4 Å². The molecule has 1 N–H and O–H groups in total. The van der Waals surface area contributed by atoms with Crippen LogP contribution in [0, 0.1) is 0 Å². The summed E-state index contributed by atoms with van der Waals surface area (Å²) in [6, 6.07) is 17.4. The van der Waals surface area contributed by atoms with Crippen LogP contribution in [0.1, 0.15) is 5.56 Å². The lowest BCUT2D eigenvalue weighted by Crippen LogP contribution is -2.08.